The van der Waals surface area contributed by atoms with Crippen molar-refractivity contribution in [3.8, 4) is 23.0 Å². The maximum atomic E-state index is 7.05. The summed E-state index contributed by atoms with van der Waals surface area (Å²) in [6.45, 7) is 24.3. The molecule has 4 aromatic carbocycles. The van der Waals surface area contributed by atoms with Crippen LogP contribution in [0, 0.1) is 27.7 Å². The van der Waals surface area contributed by atoms with Crippen LogP contribution in [0.3, 0.4) is 0 Å². The highest BCUT2D eigenvalue weighted by molar-refractivity contribution is 5.99. The standard InChI is InChI=1S/C45H47N3O3/c1-26-20-29(4)40-33(21-26)44(10)45(11,43(40,8)9)51-41(47-44)32-25-38(28(3)22-27(32)2)49-31-16-17-37-35(24-31)48(34-14-12-13-15-36(34)50-37)39-23-30(18-19-46-39)42(5,6)7/h12-25H,1-11H3/t44-,45+/m1/s1. The molecule has 2 aliphatic heterocycles. The largest absolute Gasteiger partial charge is 0.467 e. The number of aryl methyl sites for hydroxylation is 4. The molecular weight excluding hydrogens is 631 g/mol. The summed E-state index contributed by atoms with van der Waals surface area (Å²) in [5.74, 6) is 4.44. The van der Waals surface area contributed by atoms with E-state index in [2.05, 4.69) is 124 Å². The van der Waals surface area contributed by atoms with Gasteiger partial charge in [0.05, 0.1) is 11.4 Å². The molecule has 1 aromatic heterocycles. The first-order chi connectivity index (χ1) is 24.0. The summed E-state index contributed by atoms with van der Waals surface area (Å²) in [7, 11) is 0. The van der Waals surface area contributed by atoms with Crippen LogP contribution in [-0.2, 0) is 21.1 Å². The van der Waals surface area contributed by atoms with Gasteiger partial charge in [0.25, 0.3) is 0 Å². The zero-order valence-corrected chi connectivity index (χ0v) is 31.6. The number of hydrogen-bond donors (Lipinski definition) is 0. The Morgan fingerprint density at radius 3 is 2.25 bits per heavy atom. The Hall–Kier alpha value is -5.10. The van der Waals surface area contributed by atoms with Crippen LogP contribution < -0.4 is 14.4 Å². The minimum absolute atomic E-state index is 0.0319. The molecule has 8 rings (SSSR count). The molecule has 0 saturated heterocycles. The summed E-state index contributed by atoms with van der Waals surface area (Å²) >= 11 is 0. The van der Waals surface area contributed by atoms with Crippen molar-refractivity contribution in [3.05, 3.63) is 130 Å². The second-order valence-electron chi connectivity index (χ2n) is 16.5. The van der Waals surface area contributed by atoms with Crippen molar-refractivity contribution in [3.63, 3.8) is 0 Å². The third-order valence-corrected chi connectivity index (χ3v) is 11.7. The Morgan fingerprint density at radius 1 is 0.745 bits per heavy atom. The van der Waals surface area contributed by atoms with Gasteiger partial charge >= 0.3 is 0 Å². The number of benzene rings is 4. The number of fused-ring (bicyclic) bond motifs is 5. The van der Waals surface area contributed by atoms with Gasteiger partial charge in [-0.1, -0.05) is 70.5 Å². The maximum absolute atomic E-state index is 7.05. The van der Waals surface area contributed by atoms with Gasteiger partial charge in [-0.05, 0) is 123 Å². The Bertz CT molecular complexity index is 2300. The Kier molecular flexibility index (Phi) is 7.10. The molecule has 6 nitrogen and oxygen atoms in total. The van der Waals surface area contributed by atoms with Crippen LogP contribution in [0.2, 0.25) is 0 Å². The molecule has 51 heavy (non-hydrogen) atoms. The number of anilines is 3. The van der Waals surface area contributed by atoms with Gasteiger partial charge in [-0.25, -0.2) is 9.98 Å². The Balaban J connectivity index is 1.19. The molecular formula is C45H47N3O3. The number of rotatable bonds is 4. The highest BCUT2D eigenvalue weighted by atomic mass is 16.5. The quantitative estimate of drug-likeness (QED) is 0.186. The van der Waals surface area contributed by atoms with Gasteiger partial charge in [-0.2, -0.15) is 0 Å². The molecule has 0 spiro atoms. The van der Waals surface area contributed by atoms with E-state index in [9.17, 15) is 0 Å². The van der Waals surface area contributed by atoms with Crippen LogP contribution in [0.25, 0.3) is 0 Å². The van der Waals surface area contributed by atoms with Crippen LogP contribution in [0.5, 0.6) is 23.0 Å². The second kappa shape index (κ2) is 10.9. The highest BCUT2D eigenvalue weighted by Gasteiger charge is 2.68. The minimum atomic E-state index is -0.564. The lowest BCUT2D eigenvalue weighted by atomic mass is 9.70. The third-order valence-electron chi connectivity index (χ3n) is 11.7. The van der Waals surface area contributed by atoms with E-state index in [0.29, 0.717) is 11.6 Å². The van der Waals surface area contributed by atoms with E-state index < -0.39 is 11.1 Å². The smallest absolute Gasteiger partial charge is 0.218 e. The topological polar surface area (TPSA) is 56.2 Å². The van der Waals surface area contributed by atoms with Crippen LogP contribution in [0.4, 0.5) is 17.2 Å². The summed E-state index contributed by atoms with van der Waals surface area (Å²) in [5.41, 5.74) is 9.81. The first-order valence-electron chi connectivity index (χ1n) is 17.9. The number of nitrogens with zero attached hydrogens (tertiary/aromatic N) is 3. The minimum Gasteiger partial charge on any atom is -0.467 e. The van der Waals surface area contributed by atoms with Crippen LogP contribution in [0.1, 0.15) is 93.0 Å². The predicted molar refractivity (Wildman–Crippen MR) is 206 cm³/mol. The van der Waals surface area contributed by atoms with Gasteiger partial charge in [0.15, 0.2) is 11.5 Å². The predicted octanol–water partition coefficient (Wildman–Crippen LogP) is 11.7. The first kappa shape index (κ1) is 33.1. The van der Waals surface area contributed by atoms with E-state index in [0.717, 1.165) is 51.1 Å². The van der Waals surface area contributed by atoms with Gasteiger partial charge < -0.3 is 14.2 Å². The Labute approximate surface area is 302 Å². The molecule has 5 aromatic rings. The third kappa shape index (κ3) is 4.82. The number of aromatic nitrogens is 1. The molecule has 0 amide bonds. The van der Waals surface area contributed by atoms with Gasteiger partial charge in [0.2, 0.25) is 5.90 Å². The zero-order valence-electron chi connectivity index (χ0n) is 31.6. The van der Waals surface area contributed by atoms with Gasteiger partial charge in [-0.3, -0.25) is 4.90 Å². The van der Waals surface area contributed by atoms with E-state index in [-0.39, 0.29) is 10.8 Å². The number of aliphatic imine (C=N–C) groups is 1. The number of para-hydroxylation sites is 2. The van der Waals surface area contributed by atoms with E-state index >= 15 is 0 Å². The first-order valence-corrected chi connectivity index (χ1v) is 17.9. The van der Waals surface area contributed by atoms with Crippen LogP contribution in [-0.4, -0.2) is 16.5 Å². The lowest BCUT2D eigenvalue weighted by molar-refractivity contribution is -0.0137. The number of ether oxygens (including phenoxy) is 3. The number of pyridine rings is 1. The fraction of sp³-hybridized carbons (Fsp3) is 0.333. The van der Waals surface area contributed by atoms with Crippen molar-refractivity contribution in [2.75, 3.05) is 4.90 Å². The lowest BCUT2D eigenvalue weighted by Crippen LogP contribution is -2.51. The molecule has 2 atom stereocenters. The lowest BCUT2D eigenvalue weighted by Gasteiger charge is -2.41. The zero-order chi connectivity index (χ0) is 36.2. The van der Waals surface area contributed by atoms with Crippen molar-refractivity contribution < 1.29 is 14.2 Å². The summed E-state index contributed by atoms with van der Waals surface area (Å²) in [6, 6.07) is 27.1. The molecule has 3 heterocycles. The summed E-state index contributed by atoms with van der Waals surface area (Å²) in [4.78, 5) is 12.4. The molecule has 3 aliphatic rings. The normalized spacial score (nSPS) is 21.2. The molecule has 260 valence electrons. The summed E-state index contributed by atoms with van der Waals surface area (Å²) in [5, 5.41) is 0. The van der Waals surface area contributed by atoms with Crippen molar-refractivity contribution >= 4 is 23.1 Å². The monoisotopic (exact) mass is 677 g/mol. The summed E-state index contributed by atoms with van der Waals surface area (Å²) in [6.07, 6.45) is 1.89. The van der Waals surface area contributed by atoms with Gasteiger partial charge in [0, 0.05) is 23.2 Å². The van der Waals surface area contributed by atoms with Crippen LogP contribution >= 0.6 is 0 Å². The molecule has 0 N–H and O–H groups in total. The van der Waals surface area contributed by atoms with Crippen molar-refractivity contribution in [1.29, 1.82) is 0 Å². The van der Waals surface area contributed by atoms with E-state index in [1.807, 2.05) is 42.6 Å². The highest BCUT2D eigenvalue weighted by Crippen LogP contribution is 2.63. The van der Waals surface area contributed by atoms with E-state index in [4.69, 9.17) is 24.2 Å². The van der Waals surface area contributed by atoms with Crippen molar-refractivity contribution in [2.24, 2.45) is 4.99 Å². The average Bonchev–Trinajstić information content (AvgIpc) is 3.41. The van der Waals surface area contributed by atoms with Crippen LogP contribution in [0.15, 0.2) is 90.1 Å². The molecule has 1 aliphatic carbocycles. The van der Waals surface area contributed by atoms with E-state index in [1.165, 1.54) is 27.8 Å². The molecule has 0 fully saturated rings. The Morgan fingerprint density at radius 2 is 1.49 bits per heavy atom. The maximum Gasteiger partial charge on any atom is 0.218 e. The second-order valence-corrected chi connectivity index (χ2v) is 16.5. The molecule has 0 radical (unpaired) electrons. The fourth-order valence-electron chi connectivity index (χ4n) is 8.57. The van der Waals surface area contributed by atoms with Crippen molar-refractivity contribution in [1.82, 2.24) is 4.98 Å². The fourth-order valence-corrected chi connectivity index (χ4v) is 8.57. The molecule has 0 unspecified atom stereocenters. The summed E-state index contributed by atoms with van der Waals surface area (Å²) < 4.78 is 20.2. The molecule has 0 saturated carbocycles. The average molecular weight is 678 g/mol. The van der Waals surface area contributed by atoms with Gasteiger partial charge in [0.1, 0.15) is 28.5 Å². The SMILES string of the molecule is Cc1cc(C)c2c(c1)[C@@]1(C)N=C(c3cc(Oc4ccc5c(c4)N(c4cc(C(C)(C)C)ccn4)c4ccccc4O5)c(C)cc3C)O[C@@]1(C)C2(C)C. The number of hydrogen-bond acceptors (Lipinski definition) is 6. The molecule has 0 bridgehead atoms. The van der Waals surface area contributed by atoms with E-state index in [1.54, 1.807) is 0 Å². The molecule has 6 heteroatoms. The van der Waals surface area contributed by atoms with Gasteiger partial charge in [-0.15, -0.1) is 0 Å². The van der Waals surface area contributed by atoms with Crippen molar-refractivity contribution in [2.45, 2.75) is 98.1 Å².